The van der Waals surface area contributed by atoms with E-state index in [9.17, 15) is 4.79 Å². The molecule has 1 aromatic carbocycles. The number of hydrogen-bond donors (Lipinski definition) is 3. The van der Waals surface area contributed by atoms with E-state index in [4.69, 9.17) is 11.5 Å². The summed E-state index contributed by atoms with van der Waals surface area (Å²) < 4.78 is 0. The lowest BCUT2D eigenvalue weighted by atomic mass is 9.78. The number of nitrogens with two attached hydrogens (primary N) is 2. The smallest absolute Gasteiger partial charge is 0.251 e. The number of amides is 1. The second kappa shape index (κ2) is 6.37. The zero-order chi connectivity index (χ0) is 15.5. The molecule has 1 fully saturated rings. The number of hydrogen-bond acceptors (Lipinski definition) is 3. The fourth-order valence-corrected chi connectivity index (χ4v) is 3.62. The molecular formula is C17H27N3O. The number of rotatable bonds is 5. The van der Waals surface area contributed by atoms with Crippen LogP contribution in [-0.4, -0.2) is 12.5 Å². The van der Waals surface area contributed by atoms with E-state index < -0.39 is 0 Å². The fraction of sp³-hybridized carbons (Fsp3) is 0.588. The second-order valence-electron chi connectivity index (χ2n) is 6.88. The molecule has 0 radical (unpaired) electrons. The number of nitrogens with one attached hydrogen (secondary N) is 1. The Kier molecular flexibility index (Phi) is 4.76. The van der Waals surface area contributed by atoms with E-state index >= 15 is 0 Å². The lowest BCUT2D eigenvalue weighted by molar-refractivity contribution is 0.0922. The first kappa shape index (κ1) is 15.7. The molecule has 0 spiro atoms. The van der Waals surface area contributed by atoms with Crippen molar-refractivity contribution >= 4 is 17.3 Å². The summed E-state index contributed by atoms with van der Waals surface area (Å²) >= 11 is 0. The Hall–Kier alpha value is -1.71. The lowest BCUT2D eigenvalue weighted by Crippen LogP contribution is -2.36. The van der Waals surface area contributed by atoms with E-state index in [-0.39, 0.29) is 11.3 Å². The molecule has 1 aliphatic carbocycles. The van der Waals surface area contributed by atoms with Crippen LogP contribution in [0.3, 0.4) is 0 Å². The van der Waals surface area contributed by atoms with Crippen molar-refractivity contribution < 1.29 is 4.79 Å². The van der Waals surface area contributed by atoms with Crippen molar-refractivity contribution in [2.75, 3.05) is 18.0 Å². The molecule has 0 saturated heterocycles. The van der Waals surface area contributed by atoms with Crippen molar-refractivity contribution in [3.8, 4) is 0 Å². The summed E-state index contributed by atoms with van der Waals surface area (Å²) in [5.41, 5.74) is 13.4. The third-order valence-corrected chi connectivity index (χ3v) is 4.37. The van der Waals surface area contributed by atoms with Crippen LogP contribution in [0.1, 0.15) is 56.3 Å². The van der Waals surface area contributed by atoms with E-state index in [2.05, 4.69) is 19.2 Å². The standard InChI is InChI=1S/C17H27N3O/c1-12(2)10-17(5-3-4-6-17)11-20-16(21)13-7-14(18)9-15(19)8-13/h7-9,12H,3-6,10-11,18-19H2,1-2H3,(H,20,21). The normalized spacial score (nSPS) is 17.1. The topological polar surface area (TPSA) is 81.1 Å². The van der Waals surface area contributed by atoms with E-state index in [1.165, 1.54) is 32.1 Å². The Morgan fingerprint density at radius 1 is 1.19 bits per heavy atom. The maximum atomic E-state index is 12.3. The zero-order valence-electron chi connectivity index (χ0n) is 13.1. The summed E-state index contributed by atoms with van der Waals surface area (Å²) in [4.78, 5) is 12.3. The van der Waals surface area contributed by atoms with Crippen LogP contribution in [0.15, 0.2) is 18.2 Å². The Morgan fingerprint density at radius 3 is 2.29 bits per heavy atom. The number of anilines is 2. The van der Waals surface area contributed by atoms with Crippen molar-refractivity contribution in [2.45, 2.75) is 46.0 Å². The third kappa shape index (κ3) is 4.13. The minimum Gasteiger partial charge on any atom is -0.399 e. The van der Waals surface area contributed by atoms with Crippen LogP contribution in [0, 0.1) is 11.3 Å². The highest BCUT2D eigenvalue weighted by Gasteiger charge is 2.34. The Bertz CT molecular complexity index is 485. The van der Waals surface area contributed by atoms with Crippen LogP contribution in [-0.2, 0) is 0 Å². The first-order chi connectivity index (χ1) is 9.90. The molecule has 4 heteroatoms. The zero-order valence-corrected chi connectivity index (χ0v) is 13.1. The lowest BCUT2D eigenvalue weighted by Gasteiger charge is -2.31. The fourth-order valence-electron chi connectivity index (χ4n) is 3.62. The van der Waals surface area contributed by atoms with Gasteiger partial charge in [0.25, 0.3) is 5.91 Å². The van der Waals surface area contributed by atoms with Crippen molar-refractivity contribution in [3.63, 3.8) is 0 Å². The molecule has 1 aromatic rings. The van der Waals surface area contributed by atoms with Gasteiger partial charge in [0.15, 0.2) is 0 Å². The summed E-state index contributed by atoms with van der Waals surface area (Å²) in [7, 11) is 0. The molecule has 1 amide bonds. The third-order valence-electron chi connectivity index (χ3n) is 4.37. The van der Waals surface area contributed by atoms with Gasteiger partial charge >= 0.3 is 0 Å². The van der Waals surface area contributed by atoms with Gasteiger partial charge < -0.3 is 16.8 Å². The maximum absolute atomic E-state index is 12.3. The van der Waals surface area contributed by atoms with E-state index in [0.29, 0.717) is 22.9 Å². The van der Waals surface area contributed by atoms with Crippen LogP contribution >= 0.6 is 0 Å². The van der Waals surface area contributed by atoms with E-state index in [0.717, 1.165) is 6.54 Å². The number of carbonyl (C=O) groups excluding carboxylic acids is 1. The molecule has 2 rings (SSSR count). The average Bonchev–Trinajstić information content (AvgIpc) is 2.83. The quantitative estimate of drug-likeness (QED) is 0.728. The second-order valence-corrected chi connectivity index (χ2v) is 6.88. The first-order valence-electron chi connectivity index (χ1n) is 7.84. The molecule has 1 aliphatic rings. The summed E-state index contributed by atoms with van der Waals surface area (Å²) in [5, 5.41) is 3.09. The van der Waals surface area contributed by atoms with Crippen LogP contribution in [0.4, 0.5) is 11.4 Å². The highest BCUT2D eigenvalue weighted by Crippen LogP contribution is 2.42. The van der Waals surface area contributed by atoms with E-state index in [1.807, 2.05) is 0 Å². The molecule has 0 bridgehead atoms. The predicted octanol–water partition coefficient (Wildman–Crippen LogP) is 3.19. The Morgan fingerprint density at radius 2 is 1.76 bits per heavy atom. The van der Waals surface area contributed by atoms with Crippen molar-refractivity contribution in [1.82, 2.24) is 5.32 Å². The number of benzene rings is 1. The molecule has 4 nitrogen and oxygen atoms in total. The first-order valence-corrected chi connectivity index (χ1v) is 7.84. The van der Waals surface area contributed by atoms with Gasteiger partial charge in [-0.15, -0.1) is 0 Å². The van der Waals surface area contributed by atoms with Gasteiger partial charge in [0, 0.05) is 23.5 Å². The van der Waals surface area contributed by atoms with E-state index in [1.54, 1.807) is 18.2 Å². The van der Waals surface area contributed by atoms with Crippen LogP contribution in [0.2, 0.25) is 0 Å². The van der Waals surface area contributed by atoms with Crippen LogP contribution in [0.25, 0.3) is 0 Å². The molecule has 0 aromatic heterocycles. The number of carbonyl (C=O) groups is 1. The van der Waals surface area contributed by atoms with Gasteiger partial charge in [0.2, 0.25) is 0 Å². The van der Waals surface area contributed by atoms with Crippen molar-refractivity contribution in [3.05, 3.63) is 23.8 Å². The predicted molar refractivity (Wildman–Crippen MR) is 88.0 cm³/mol. The molecule has 21 heavy (non-hydrogen) atoms. The van der Waals surface area contributed by atoms with Gasteiger partial charge in [-0.25, -0.2) is 0 Å². The van der Waals surface area contributed by atoms with Crippen LogP contribution < -0.4 is 16.8 Å². The average molecular weight is 289 g/mol. The monoisotopic (exact) mass is 289 g/mol. The highest BCUT2D eigenvalue weighted by molar-refractivity contribution is 5.96. The van der Waals surface area contributed by atoms with Gasteiger partial charge in [-0.2, -0.15) is 0 Å². The van der Waals surface area contributed by atoms with Gasteiger partial charge in [0.1, 0.15) is 0 Å². The molecule has 116 valence electrons. The molecule has 1 saturated carbocycles. The minimum atomic E-state index is -0.0796. The summed E-state index contributed by atoms with van der Waals surface area (Å²) in [6.45, 7) is 5.25. The highest BCUT2D eigenvalue weighted by atomic mass is 16.1. The summed E-state index contributed by atoms with van der Waals surface area (Å²) in [5.74, 6) is 0.576. The van der Waals surface area contributed by atoms with Crippen molar-refractivity contribution in [2.24, 2.45) is 11.3 Å². The molecule has 5 N–H and O–H groups in total. The van der Waals surface area contributed by atoms with Gasteiger partial charge in [-0.3, -0.25) is 4.79 Å². The molecule has 0 heterocycles. The largest absolute Gasteiger partial charge is 0.399 e. The maximum Gasteiger partial charge on any atom is 0.251 e. The van der Waals surface area contributed by atoms with Gasteiger partial charge in [0.05, 0.1) is 0 Å². The number of nitrogen functional groups attached to an aromatic ring is 2. The molecule has 0 unspecified atom stereocenters. The van der Waals surface area contributed by atoms with Crippen molar-refractivity contribution in [1.29, 1.82) is 0 Å². The SMILES string of the molecule is CC(C)CC1(CNC(=O)c2cc(N)cc(N)c2)CCCC1. The van der Waals surface area contributed by atoms with Crippen LogP contribution in [0.5, 0.6) is 0 Å². The Balaban J connectivity index is 2.01. The minimum absolute atomic E-state index is 0.0796. The van der Waals surface area contributed by atoms with Gasteiger partial charge in [-0.1, -0.05) is 26.7 Å². The Labute approximate surface area is 127 Å². The summed E-state index contributed by atoms with van der Waals surface area (Å²) in [6.07, 6.45) is 6.14. The van der Waals surface area contributed by atoms with Gasteiger partial charge in [-0.05, 0) is 48.8 Å². The molecule has 0 atom stereocenters. The molecular weight excluding hydrogens is 262 g/mol. The summed E-state index contributed by atoms with van der Waals surface area (Å²) in [6, 6.07) is 5.01. The molecule has 0 aliphatic heterocycles.